The van der Waals surface area contributed by atoms with Crippen LogP contribution in [0.15, 0.2) is 9.36 Å². The number of thioether (sulfide) groups is 1. The first-order chi connectivity index (χ1) is 7.31. The maximum absolute atomic E-state index is 9.01. The van der Waals surface area contributed by atoms with E-state index in [9.17, 15) is 0 Å². The van der Waals surface area contributed by atoms with Crippen molar-refractivity contribution in [3.8, 4) is 6.07 Å². The van der Waals surface area contributed by atoms with Gasteiger partial charge in [0.05, 0.1) is 9.92 Å². The third-order valence-electron chi connectivity index (χ3n) is 2.51. The molecule has 0 fully saturated rings. The van der Waals surface area contributed by atoms with Gasteiger partial charge in [0, 0.05) is 5.56 Å². The fraction of sp³-hybridized carbons (Fsp3) is 0.400. The van der Waals surface area contributed by atoms with Crippen molar-refractivity contribution in [3.05, 3.63) is 16.0 Å². The van der Waals surface area contributed by atoms with E-state index in [1.54, 1.807) is 11.8 Å². The van der Waals surface area contributed by atoms with Crippen LogP contribution in [0.3, 0.4) is 0 Å². The highest BCUT2D eigenvalue weighted by atomic mass is 32.2. The van der Waals surface area contributed by atoms with Gasteiger partial charge in [-0.05, 0) is 31.1 Å². The van der Waals surface area contributed by atoms with Gasteiger partial charge in [0.2, 0.25) is 0 Å². The lowest BCUT2D eigenvalue weighted by Crippen LogP contribution is -2.11. The SMILES string of the molecule is CSc1sc(C#N)c2c1/C(=N/O)CCC2. The topological polar surface area (TPSA) is 56.4 Å². The first-order valence-corrected chi connectivity index (χ1v) is 6.67. The van der Waals surface area contributed by atoms with Gasteiger partial charge in [0.1, 0.15) is 10.9 Å². The zero-order chi connectivity index (χ0) is 10.8. The summed E-state index contributed by atoms with van der Waals surface area (Å²) in [6.45, 7) is 0. The lowest BCUT2D eigenvalue weighted by atomic mass is 9.92. The van der Waals surface area contributed by atoms with E-state index >= 15 is 0 Å². The number of nitrogens with zero attached hydrogens (tertiary/aromatic N) is 2. The number of hydrogen-bond donors (Lipinski definition) is 1. The van der Waals surface area contributed by atoms with Crippen LogP contribution in [0, 0.1) is 11.3 Å². The molecule has 1 heterocycles. The standard InChI is InChI=1S/C10H10N2OS2/c1-14-10-9-6(8(5-11)15-10)3-2-4-7(9)12-13/h13H,2-4H2,1H3/b12-7+. The molecule has 0 atom stereocenters. The van der Waals surface area contributed by atoms with Gasteiger partial charge in [-0.2, -0.15) is 5.26 Å². The molecule has 1 aliphatic rings. The van der Waals surface area contributed by atoms with Gasteiger partial charge in [-0.25, -0.2) is 0 Å². The normalized spacial score (nSPS) is 17.5. The Labute approximate surface area is 96.4 Å². The molecule has 0 spiro atoms. The molecule has 1 N–H and O–H groups in total. The van der Waals surface area contributed by atoms with Crippen LogP contribution in [-0.4, -0.2) is 17.2 Å². The minimum Gasteiger partial charge on any atom is -0.411 e. The van der Waals surface area contributed by atoms with E-state index < -0.39 is 0 Å². The van der Waals surface area contributed by atoms with Crippen LogP contribution in [0.4, 0.5) is 0 Å². The second kappa shape index (κ2) is 4.25. The van der Waals surface area contributed by atoms with Crippen LogP contribution in [0.1, 0.15) is 28.8 Å². The molecule has 0 bridgehead atoms. The molecular weight excluding hydrogens is 228 g/mol. The Kier molecular flexibility index (Phi) is 2.98. The highest BCUT2D eigenvalue weighted by Gasteiger charge is 2.25. The first kappa shape index (κ1) is 10.5. The van der Waals surface area contributed by atoms with E-state index in [-0.39, 0.29) is 0 Å². The second-order valence-electron chi connectivity index (χ2n) is 3.29. The van der Waals surface area contributed by atoms with Crippen molar-refractivity contribution in [1.82, 2.24) is 0 Å². The average molecular weight is 238 g/mol. The molecule has 0 saturated carbocycles. The Bertz CT molecular complexity index is 457. The molecule has 0 radical (unpaired) electrons. The van der Waals surface area contributed by atoms with Crippen LogP contribution < -0.4 is 0 Å². The third kappa shape index (κ3) is 1.64. The van der Waals surface area contributed by atoms with E-state index in [1.165, 1.54) is 11.3 Å². The molecular formula is C10H10N2OS2. The van der Waals surface area contributed by atoms with Gasteiger partial charge in [-0.3, -0.25) is 0 Å². The summed E-state index contributed by atoms with van der Waals surface area (Å²) in [5.41, 5.74) is 2.82. The molecule has 5 heteroatoms. The summed E-state index contributed by atoms with van der Waals surface area (Å²) < 4.78 is 1.09. The maximum Gasteiger partial charge on any atom is 0.110 e. The number of nitriles is 1. The van der Waals surface area contributed by atoms with Crippen molar-refractivity contribution in [2.45, 2.75) is 23.5 Å². The largest absolute Gasteiger partial charge is 0.411 e. The monoisotopic (exact) mass is 238 g/mol. The van der Waals surface area contributed by atoms with Crippen LogP contribution in [-0.2, 0) is 6.42 Å². The van der Waals surface area contributed by atoms with Gasteiger partial charge < -0.3 is 5.21 Å². The molecule has 3 nitrogen and oxygen atoms in total. The van der Waals surface area contributed by atoms with Gasteiger partial charge in [-0.15, -0.1) is 23.1 Å². The Morgan fingerprint density at radius 1 is 1.53 bits per heavy atom. The lowest BCUT2D eigenvalue weighted by molar-refractivity contribution is 0.317. The lowest BCUT2D eigenvalue weighted by Gasteiger charge is -2.13. The Balaban J connectivity index is 2.64. The highest BCUT2D eigenvalue weighted by molar-refractivity contribution is 8.00. The van der Waals surface area contributed by atoms with Crippen LogP contribution in [0.25, 0.3) is 0 Å². The van der Waals surface area contributed by atoms with Crippen molar-refractivity contribution < 1.29 is 5.21 Å². The van der Waals surface area contributed by atoms with Crippen molar-refractivity contribution in [3.63, 3.8) is 0 Å². The number of oxime groups is 1. The molecule has 15 heavy (non-hydrogen) atoms. The summed E-state index contributed by atoms with van der Waals surface area (Å²) in [4.78, 5) is 0.773. The number of hydrogen-bond acceptors (Lipinski definition) is 5. The summed E-state index contributed by atoms with van der Waals surface area (Å²) in [6, 6.07) is 2.22. The molecule has 0 unspecified atom stereocenters. The predicted molar refractivity (Wildman–Crippen MR) is 62.1 cm³/mol. The first-order valence-electron chi connectivity index (χ1n) is 4.62. The zero-order valence-electron chi connectivity index (χ0n) is 8.28. The van der Waals surface area contributed by atoms with E-state index in [0.29, 0.717) is 0 Å². The highest BCUT2D eigenvalue weighted by Crippen LogP contribution is 2.39. The van der Waals surface area contributed by atoms with Crippen LogP contribution in [0.5, 0.6) is 0 Å². The third-order valence-corrected chi connectivity index (χ3v) is 4.77. The summed E-state index contributed by atoms with van der Waals surface area (Å²) in [5.74, 6) is 0. The van der Waals surface area contributed by atoms with Gasteiger partial charge in [0.25, 0.3) is 0 Å². The molecule has 1 aromatic rings. The summed E-state index contributed by atoms with van der Waals surface area (Å²) in [6.07, 6.45) is 4.68. The Morgan fingerprint density at radius 3 is 2.93 bits per heavy atom. The summed E-state index contributed by atoms with van der Waals surface area (Å²) >= 11 is 3.12. The quantitative estimate of drug-likeness (QED) is 0.465. The van der Waals surface area contributed by atoms with E-state index in [4.69, 9.17) is 10.5 Å². The zero-order valence-corrected chi connectivity index (χ0v) is 9.91. The van der Waals surface area contributed by atoms with Crippen molar-refractivity contribution in [1.29, 1.82) is 5.26 Å². The minimum absolute atomic E-state index is 0.735. The number of rotatable bonds is 1. The maximum atomic E-state index is 9.01. The molecule has 78 valence electrons. The summed E-state index contributed by atoms with van der Waals surface area (Å²) in [7, 11) is 0. The fourth-order valence-corrected chi connectivity index (χ4v) is 3.79. The van der Waals surface area contributed by atoms with Crippen molar-refractivity contribution >= 4 is 28.8 Å². The molecule has 0 aromatic carbocycles. The Morgan fingerprint density at radius 2 is 2.33 bits per heavy atom. The molecule has 0 saturated heterocycles. The molecule has 0 aliphatic heterocycles. The fourth-order valence-electron chi connectivity index (χ4n) is 1.86. The molecule has 1 aliphatic carbocycles. The minimum atomic E-state index is 0.735. The van der Waals surface area contributed by atoms with E-state index in [1.807, 2.05) is 6.26 Å². The summed E-state index contributed by atoms with van der Waals surface area (Å²) in [5, 5.41) is 21.3. The smallest absolute Gasteiger partial charge is 0.110 e. The van der Waals surface area contributed by atoms with Gasteiger partial charge in [0.15, 0.2) is 0 Å². The Hall–Kier alpha value is -0.990. The predicted octanol–water partition coefficient (Wildman–Crippen LogP) is 2.86. The van der Waals surface area contributed by atoms with Crippen molar-refractivity contribution in [2.75, 3.05) is 6.26 Å². The van der Waals surface area contributed by atoms with E-state index in [2.05, 4.69) is 11.2 Å². The molecule has 2 rings (SSSR count). The second-order valence-corrected chi connectivity index (χ2v) is 5.38. The van der Waals surface area contributed by atoms with Crippen molar-refractivity contribution in [2.24, 2.45) is 5.16 Å². The van der Waals surface area contributed by atoms with Gasteiger partial charge >= 0.3 is 0 Å². The van der Waals surface area contributed by atoms with Crippen LogP contribution >= 0.6 is 23.1 Å². The number of fused-ring (bicyclic) bond motifs is 1. The van der Waals surface area contributed by atoms with E-state index in [0.717, 1.165) is 45.2 Å². The molecule has 0 amide bonds. The van der Waals surface area contributed by atoms with Crippen LogP contribution in [0.2, 0.25) is 0 Å². The number of thiophene rings is 1. The van der Waals surface area contributed by atoms with Gasteiger partial charge in [-0.1, -0.05) is 5.16 Å². The average Bonchev–Trinajstić information content (AvgIpc) is 2.66. The molecule has 1 aromatic heterocycles.